The first-order chi connectivity index (χ1) is 18.3. The summed E-state index contributed by atoms with van der Waals surface area (Å²) in [5, 5.41) is 3.18. The Bertz CT molecular complexity index is 1400. The second-order valence-corrected chi connectivity index (χ2v) is 13.4. The molecule has 0 bridgehead atoms. The molecule has 1 amide bonds. The molecule has 0 radical (unpaired) electrons. The summed E-state index contributed by atoms with van der Waals surface area (Å²) >= 11 is 9.70. The Hall–Kier alpha value is -2.90. The summed E-state index contributed by atoms with van der Waals surface area (Å²) in [4.78, 5) is 39.4. The number of para-hydroxylation sites is 1. The van der Waals surface area contributed by atoms with Crippen LogP contribution in [-0.4, -0.2) is 24.1 Å². The van der Waals surface area contributed by atoms with E-state index in [0.29, 0.717) is 69.3 Å². The first kappa shape index (κ1) is 27.7. The van der Waals surface area contributed by atoms with E-state index in [9.17, 15) is 14.4 Å². The van der Waals surface area contributed by atoms with Crippen molar-refractivity contribution in [1.29, 1.82) is 0 Å². The van der Waals surface area contributed by atoms with Crippen LogP contribution in [-0.2, 0) is 19.1 Å². The van der Waals surface area contributed by atoms with E-state index in [2.05, 4.69) is 48.9 Å². The highest BCUT2D eigenvalue weighted by Crippen LogP contribution is 2.53. The van der Waals surface area contributed by atoms with Gasteiger partial charge in [-0.1, -0.05) is 57.5 Å². The maximum Gasteiger partial charge on any atom is 0.262 e. The molecule has 8 heteroatoms. The number of halogens is 2. The van der Waals surface area contributed by atoms with Gasteiger partial charge in [0, 0.05) is 42.7 Å². The number of Topliss-reactive ketones (excluding diaryl/α,β-unsaturated/α-hetero) is 2. The molecule has 0 spiro atoms. The number of rotatable bonds is 5. The fourth-order valence-electron chi connectivity index (χ4n) is 5.71. The molecule has 0 saturated carbocycles. The SMILES string of the molecule is CC1(C)CC(=O)C2=C(C1)OC1=C(C(=O)CC(C)(C)C1)C2c1ccc(OCC(=O)Nc2ccccc2Cl)c(Br)c1. The first-order valence-corrected chi connectivity index (χ1v) is 14.2. The molecular weight excluding hydrogens is 582 g/mol. The van der Waals surface area contributed by atoms with Gasteiger partial charge in [0.1, 0.15) is 17.3 Å². The van der Waals surface area contributed by atoms with Gasteiger partial charge >= 0.3 is 0 Å². The number of ether oxygens (including phenoxy) is 2. The van der Waals surface area contributed by atoms with E-state index in [1.807, 2.05) is 12.1 Å². The van der Waals surface area contributed by atoms with Gasteiger partial charge in [-0.2, -0.15) is 0 Å². The third-order valence-corrected chi connectivity index (χ3v) is 8.33. The highest BCUT2D eigenvalue weighted by atomic mass is 79.9. The van der Waals surface area contributed by atoms with Gasteiger partial charge in [-0.25, -0.2) is 0 Å². The third-order valence-electron chi connectivity index (χ3n) is 7.38. The van der Waals surface area contributed by atoms with Crippen molar-refractivity contribution in [3.63, 3.8) is 0 Å². The van der Waals surface area contributed by atoms with E-state index in [0.717, 1.165) is 5.56 Å². The summed E-state index contributed by atoms with van der Waals surface area (Å²) in [7, 11) is 0. The van der Waals surface area contributed by atoms with Crippen molar-refractivity contribution in [1.82, 2.24) is 0 Å². The van der Waals surface area contributed by atoms with Gasteiger partial charge in [-0.3, -0.25) is 14.4 Å². The Morgan fingerprint density at radius 3 is 2.13 bits per heavy atom. The minimum atomic E-state index is -0.496. The van der Waals surface area contributed by atoms with Gasteiger partial charge in [0.15, 0.2) is 18.2 Å². The maximum atomic E-state index is 13.5. The fraction of sp³-hybridized carbons (Fsp3) is 0.387. The number of hydrogen-bond acceptors (Lipinski definition) is 5. The third kappa shape index (κ3) is 5.71. The minimum absolute atomic E-state index is 0.0168. The largest absolute Gasteiger partial charge is 0.483 e. The molecule has 6 nitrogen and oxygen atoms in total. The lowest BCUT2D eigenvalue weighted by atomic mass is 9.65. The Morgan fingerprint density at radius 2 is 1.56 bits per heavy atom. The number of ketones is 2. The Labute approximate surface area is 241 Å². The summed E-state index contributed by atoms with van der Waals surface area (Å²) in [5.74, 6) is 1.02. The Balaban J connectivity index is 1.44. The molecule has 2 aromatic rings. The van der Waals surface area contributed by atoms with Crippen LogP contribution in [0.4, 0.5) is 5.69 Å². The van der Waals surface area contributed by atoms with Crippen LogP contribution >= 0.6 is 27.5 Å². The highest BCUT2D eigenvalue weighted by Gasteiger charge is 2.47. The second-order valence-electron chi connectivity index (χ2n) is 12.1. The normalized spacial score (nSPS) is 20.3. The summed E-state index contributed by atoms with van der Waals surface area (Å²) in [6, 6.07) is 12.5. The average Bonchev–Trinajstić information content (AvgIpc) is 2.82. The van der Waals surface area contributed by atoms with Crippen LogP contribution in [0.1, 0.15) is 64.9 Å². The van der Waals surface area contributed by atoms with Crippen LogP contribution in [0.15, 0.2) is 69.6 Å². The number of carbonyl (C=O) groups excluding carboxylic acids is 3. The molecule has 0 aromatic heterocycles. The lowest BCUT2D eigenvalue weighted by Gasteiger charge is -2.42. The lowest BCUT2D eigenvalue weighted by molar-refractivity contribution is -0.120. The zero-order chi connectivity index (χ0) is 28.1. The highest BCUT2D eigenvalue weighted by molar-refractivity contribution is 9.10. The number of benzene rings is 2. The van der Waals surface area contributed by atoms with Crippen LogP contribution < -0.4 is 10.1 Å². The van der Waals surface area contributed by atoms with Gasteiger partial charge in [-0.15, -0.1) is 0 Å². The van der Waals surface area contributed by atoms with E-state index in [1.54, 1.807) is 30.3 Å². The molecule has 0 saturated heterocycles. The molecule has 0 atom stereocenters. The van der Waals surface area contributed by atoms with Gasteiger partial charge in [-0.05, 0) is 56.6 Å². The van der Waals surface area contributed by atoms with E-state index < -0.39 is 5.92 Å². The predicted molar refractivity (Wildman–Crippen MR) is 154 cm³/mol. The van der Waals surface area contributed by atoms with Crippen molar-refractivity contribution in [2.75, 3.05) is 11.9 Å². The van der Waals surface area contributed by atoms with Crippen LogP contribution in [0, 0.1) is 10.8 Å². The van der Waals surface area contributed by atoms with Gasteiger partial charge in [0.25, 0.3) is 5.91 Å². The molecule has 0 fully saturated rings. The molecule has 1 aliphatic heterocycles. The van der Waals surface area contributed by atoms with Crippen molar-refractivity contribution in [3.8, 4) is 5.75 Å². The average molecular weight is 613 g/mol. The number of anilines is 1. The van der Waals surface area contributed by atoms with Crippen molar-refractivity contribution >= 4 is 50.7 Å². The molecule has 2 aromatic carbocycles. The fourth-order valence-corrected chi connectivity index (χ4v) is 6.41. The van der Waals surface area contributed by atoms with Gasteiger partial charge in [0.05, 0.1) is 15.2 Å². The monoisotopic (exact) mass is 611 g/mol. The van der Waals surface area contributed by atoms with E-state index in [4.69, 9.17) is 21.1 Å². The summed E-state index contributed by atoms with van der Waals surface area (Å²) in [6.45, 7) is 8.05. The molecule has 3 aliphatic rings. The zero-order valence-electron chi connectivity index (χ0n) is 22.5. The molecule has 1 N–H and O–H groups in total. The van der Waals surface area contributed by atoms with Gasteiger partial charge < -0.3 is 14.8 Å². The summed E-state index contributed by atoms with van der Waals surface area (Å²) < 4.78 is 12.8. The topological polar surface area (TPSA) is 81.7 Å². The molecule has 1 heterocycles. The number of nitrogens with one attached hydrogen (secondary N) is 1. The van der Waals surface area contributed by atoms with Crippen LogP contribution in [0.25, 0.3) is 0 Å². The van der Waals surface area contributed by atoms with Gasteiger partial charge in [0.2, 0.25) is 0 Å². The minimum Gasteiger partial charge on any atom is -0.483 e. The van der Waals surface area contributed by atoms with Crippen LogP contribution in [0.2, 0.25) is 5.02 Å². The molecule has 0 unspecified atom stereocenters. The Morgan fingerprint density at radius 1 is 0.974 bits per heavy atom. The number of allylic oxidation sites excluding steroid dienone is 4. The van der Waals surface area contributed by atoms with E-state index in [-0.39, 0.29) is 34.9 Å². The summed E-state index contributed by atoms with van der Waals surface area (Å²) in [6.07, 6.45) is 2.07. The smallest absolute Gasteiger partial charge is 0.262 e. The lowest BCUT2D eigenvalue weighted by Crippen LogP contribution is -2.37. The molecule has 2 aliphatic carbocycles. The molecular formula is C31H31BrClNO5. The number of carbonyl (C=O) groups is 3. The number of hydrogen-bond donors (Lipinski definition) is 1. The maximum absolute atomic E-state index is 13.5. The molecule has 204 valence electrons. The second kappa shape index (κ2) is 10.3. The first-order valence-electron chi connectivity index (χ1n) is 13.0. The van der Waals surface area contributed by atoms with Crippen molar-refractivity contribution in [3.05, 3.63) is 80.2 Å². The zero-order valence-corrected chi connectivity index (χ0v) is 24.8. The van der Waals surface area contributed by atoms with E-state index >= 15 is 0 Å². The van der Waals surface area contributed by atoms with Crippen LogP contribution in [0.5, 0.6) is 5.75 Å². The van der Waals surface area contributed by atoms with Crippen LogP contribution in [0.3, 0.4) is 0 Å². The summed E-state index contributed by atoms with van der Waals surface area (Å²) in [5.41, 5.74) is 2.06. The molecule has 5 rings (SSSR count). The molecule has 39 heavy (non-hydrogen) atoms. The number of amides is 1. The van der Waals surface area contributed by atoms with Crippen molar-refractivity contribution in [2.24, 2.45) is 10.8 Å². The standard InChI is InChI=1S/C31H31BrClNO5/c1-30(2)12-21(35)28-24(14-30)39-25-15-31(3,4)13-22(36)29(25)27(28)17-9-10-23(18(32)11-17)38-16-26(37)34-20-8-6-5-7-19(20)33/h5-11,27H,12-16H2,1-4H3,(H,34,37). The predicted octanol–water partition coefficient (Wildman–Crippen LogP) is 7.52. The van der Waals surface area contributed by atoms with Crippen molar-refractivity contribution in [2.45, 2.75) is 59.3 Å². The quantitative estimate of drug-likeness (QED) is 0.378. The van der Waals surface area contributed by atoms with E-state index in [1.165, 1.54) is 0 Å². The Kier molecular flexibility index (Phi) is 7.27. The van der Waals surface area contributed by atoms with Crippen molar-refractivity contribution < 1.29 is 23.9 Å².